The van der Waals surface area contributed by atoms with E-state index >= 15 is 0 Å². The van der Waals surface area contributed by atoms with Crippen molar-refractivity contribution in [2.75, 3.05) is 0 Å². The Morgan fingerprint density at radius 2 is 1.71 bits per heavy atom. The molecule has 3 nitrogen and oxygen atoms in total. The molecule has 0 saturated carbocycles. The summed E-state index contributed by atoms with van der Waals surface area (Å²) < 4.78 is 10.5. The monoisotopic (exact) mass is 252 g/mol. The summed E-state index contributed by atoms with van der Waals surface area (Å²) in [7, 11) is 0. The molecule has 0 spiro atoms. The summed E-state index contributed by atoms with van der Waals surface area (Å²) in [5.74, 6) is 0.158. The van der Waals surface area contributed by atoms with Crippen LogP contribution in [-0.4, -0.2) is 16.6 Å². The molecule has 0 fully saturated rings. The van der Waals surface area contributed by atoms with Crippen LogP contribution in [0.4, 0.5) is 0 Å². The van der Waals surface area contributed by atoms with Gasteiger partial charge in [0.15, 0.2) is 5.05 Å². The SMILES string of the molecule is CC(=O)Oc1ccc(C(=S)OC(C)(C)C)cc1. The molecule has 0 heterocycles. The number of hydrogen-bond acceptors (Lipinski definition) is 4. The number of thiocarbonyl (C=S) groups is 1. The van der Waals surface area contributed by atoms with Gasteiger partial charge in [0.05, 0.1) is 0 Å². The standard InChI is InChI=1S/C13H16O3S/c1-9(14)15-11-7-5-10(6-8-11)12(17)16-13(2,3)4/h5-8H,1-4H3. The number of carbonyl (C=O) groups excluding carboxylic acids is 1. The Hall–Kier alpha value is -1.42. The average Bonchev–Trinajstić information content (AvgIpc) is 2.15. The van der Waals surface area contributed by atoms with E-state index in [4.69, 9.17) is 21.7 Å². The van der Waals surface area contributed by atoms with Gasteiger partial charge in [-0.2, -0.15) is 0 Å². The summed E-state index contributed by atoms with van der Waals surface area (Å²) in [6, 6.07) is 6.92. The van der Waals surface area contributed by atoms with Crippen LogP contribution < -0.4 is 4.74 Å². The summed E-state index contributed by atoms with van der Waals surface area (Å²) in [4.78, 5) is 10.7. The molecule has 0 aliphatic rings. The van der Waals surface area contributed by atoms with E-state index in [2.05, 4.69) is 0 Å². The number of benzene rings is 1. The van der Waals surface area contributed by atoms with Gasteiger partial charge in [0.25, 0.3) is 0 Å². The first-order valence-electron chi connectivity index (χ1n) is 5.30. The van der Waals surface area contributed by atoms with Crippen molar-refractivity contribution in [3.8, 4) is 5.75 Å². The van der Waals surface area contributed by atoms with E-state index < -0.39 is 0 Å². The van der Waals surface area contributed by atoms with Crippen LogP contribution in [0.5, 0.6) is 5.75 Å². The van der Waals surface area contributed by atoms with Gasteiger partial charge in [0, 0.05) is 12.5 Å². The zero-order valence-corrected chi connectivity index (χ0v) is 11.3. The lowest BCUT2D eigenvalue weighted by molar-refractivity contribution is -0.131. The Balaban J connectivity index is 2.74. The quantitative estimate of drug-likeness (QED) is 0.460. The largest absolute Gasteiger partial charge is 0.477 e. The first-order chi connectivity index (χ1) is 7.78. The molecule has 17 heavy (non-hydrogen) atoms. The highest BCUT2D eigenvalue weighted by Crippen LogP contribution is 2.16. The molecule has 0 unspecified atom stereocenters. The normalized spacial score (nSPS) is 10.8. The van der Waals surface area contributed by atoms with Crippen molar-refractivity contribution < 1.29 is 14.3 Å². The average molecular weight is 252 g/mol. The van der Waals surface area contributed by atoms with Crippen LogP contribution in [0.2, 0.25) is 0 Å². The lowest BCUT2D eigenvalue weighted by atomic mass is 10.2. The number of rotatable bonds is 2. The molecule has 0 N–H and O–H groups in total. The van der Waals surface area contributed by atoms with E-state index in [0.717, 1.165) is 5.56 Å². The smallest absolute Gasteiger partial charge is 0.308 e. The Bertz CT molecular complexity index is 415. The van der Waals surface area contributed by atoms with Crippen LogP contribution in [0, 0.1) is 0 Å². The van der Waals surface area contributed by atoms with Crippen molar-refractivity contribution in [1.82, 2.24) is 0 Å². The predicted molar refractivity (Wildman–Crippen MR) is 70.3 cm³/mol. The van der Waals surface area contributed by atoms with Gasteiger partial charge in [-0.3, -0.25) is 4.79 Å². The van der Waals surface area contributed by atoms with Gasteiger partial charge >= 0.3 is 5.97 Å². The molecule has 1 aromatic rings. The van der Waals surface area contributed by atoms with Crippen molar-refractivity contribution in [1.29, 1.82) is 0 Å². The second-order valence-corrected chi connectivity index (χ2v) is 4.99. The van der Waals surface area contributed by atoms with Crippen LogP contribution in [0.3, 0.4) is 0 Å². The minimum Gasteiger partial charge on any atom is -0.477 e. The zero-order chi connectivity index (χ0) is 13.1. The second kappa shape index (κ2) is 5.27. The zero-order valence-electron chi connectivity index (χ0n) is 10.4. The molecule has 4 heteroatoms. The summed E-state index contributed by atoms with van der Waals surface area (Å²) in [5.41, 5.74) is 0.483. The van der Waals surface area contributed by atoms with Crippen molar-refractivity contribution in [2.24, 2.45) is 0 Å². The maximum atomic E-state index is 10.7. The number of carbonyl (C=O) groups is 1. The summed E-state index contributed by atoms with van der Waals surface area (Å²) >= 11 is 5.17. The van der Waals surface area contributed by atoms with E-state index in [1.165, 1.54) is 6.92 Å². The summed E-state index contributed by atoms with van der Waals surface area (Å²) in [5, 5.41) is 0.437. The third-order valence-corrected chi connectivity index (χ3v) is 2.07. The van der Waals surface area contributed by atoms with E-state index in [-0.39, 0.29) is 11.6 Å². The minimum absolute atomic E-state index is 0.314. The van der Waals surface area contributed by atoms with Gasteiger partial charge in [-0.1, -0.05) is 0 Å². The molecule has 1 rings (SSSR count). The van der Waals surface area contributed by atoms with Gasteiger partial charge in [-0.05, 0) is 57.3 Å². The minimum atomic E-state index is -0.341. The number of esters is 1. The highest BCUT2D eigenvalue weighted by molar-refractivity contribution is 7.80. The second-order valence-electron chi connectivity index (χ2n) is 4.62. The lowest BCUT2D eigenvalue weighted by Crippen LogP contribution is -2.23. The predicted octanol–water partition coefficient (Wildman–Crippen LogP) is 3.10. The highest BCUT2D eigenvalue weighted by Gasteiger charge is 2.14. The van der Waals surface area contributed by atoms with Crippen molar-refractivity contribution >= 4 is 23.2 Å². The Morgan fingerprint density at radius 3 is 2.12 bits per heavy atom. The molecule has 92 valence electrons. The van der Waals surface area contributed by atoms with Gasteiger partial charge < -0.3 is 9.47 Å². The molecule has 0 radical (unpaired) electrons. The highest BCUT2D eigenvalue weighted by atomic mass is 32.1. The summed E-state index contributed by atoms with van der Waals surface area (Å²) in [6.45, 7) is 7.17. The number of ether oxygens (including phenoxy) is 2. The Kier molecular flexibility index (Phi) is 4.23. The summed E-state index contributed by atoms with van der Waals surface area (Å²) in [6.07, 6.45) is 0. The molecular weight excluding hydrogens is 236 g/mol. The van der Waals surface area contributed by atoms with Gasteiger partial charge in [-0.25, -0.2) is 0 Å². The molecule has 0 aromatic heterocycles. The first-order valence-corrected chi connectivity index (χ1v) is 5.70. The Labute approximate surface area is 107 Å². The van der Waals surface area contributed by atoms with Crippen molar-refractivity contribution in [2.45, 2.75) is 33.3 Å². The topological polar surface area (TPSA) is 35.5 Å². The maximum absolute atomic E-state index is 10.7. The molecule has 0 aliphatic carbocycles. The lowest BCUT2D eigenvalue weighted by Gasteiger charge is -2.21. The molecule has 0 bridgehead atoms. The van der Waals surface area contributed by atoms with Gasteiger partial charge in [0.1, 0.15) is 11.4 Å². The van der Waals surface area contributed by atoms with Crippen LogP contribution in [0.1, 0.15) is 33.3 Å². The van der Waals surface area contributed by atoms with Crippen molar-refractivity contribution in [3.05, 3.63) is 29.8 Å². The van der Waals surface area contributed by atoms with Crippen molar-refractivity contribution in [3.63, 3.8) is 0 Å². The van der Waals surface area contributed by atoms with Gasteiger partial charge in [0.2, 0.25) is 0 Å². The fraction of sp³-hybridized carbons (Fsp3) is 0.385. The molecule has 0 aliphatic heterocycles. The molecule has 0 atom stereocenters. The molecule has 1 aromatic carbocycles. The van der Waals surface area contributed by atoms with E-state index in [0.29, 0.717) is 10.8 Å². The third kappa shape index (κ3) is 4.95. The van der Waals surface area contributed by atoms with Crippen LogP contribution in [0.25, 0.3) is 0 Å². The van der Waals surface area contributed by atoms with Crippen LogP contribution in [-0.2, 0) is 9.53 Å². The van der Waals surface area contributed by atoms with Crippen LogP contribution >= 0.6 is 12.2 Å². The number of hydrogen-bond donors (Lipinski definition) is 0. The maximum Gasteiger partial charge on any atom is 0.308 e. The van der Waals surface area contributed by atoms with E-state index in [1.54, 1.807) is 24.3 Å². The molecule has 0 amide bonds. The fourth-order valence-corrected chi connectivity index (χ4v) is 1.55. The Morgan fingerprint density at radius 1 is 1.18 bits per heavy atom. The van der Waals surface area contributed by atoms with Crippen LogP contribution in [0.15, 0.2) is 24.3 Å². The first kappa shape index (κ1) is 13.6. The molecule has 0 saturated heterocycles. The third-order valence-electron chi connectivity index (χ3n) is 1.75. The van der Waals surface area contributed by atoms with E-state index in [1.807, 2.05) is 20.8 Å². The fourth-order valence-electron chi connectivity index (χ4n) is 1.16. The van der Waals surface area contributed by atoms with E-state index in [9.17, 15) is 4.79 Å². The molecular formula is C13H16O3S. The van der Waals surface area contributed by atoms with Gasteiger partial charge in [-0.15, -0.1) is 0 Å².